The Bertz CT molecular complexity index is 940. The Balaban J connectivity index is 1.62. The van der Waals surface area contributed by atoms with Crippen LogP contribution in [0, 0.1) is 0 Å². The molecule has 25 heavy (non-hydrogen) atoms. The summed E-state index contributed by atoms with van der Waals surface area (Å²) in [6.07, 6.45) is 0.637. The van der Waals surface area contributed by atoms with Gasteiger partial charge in [0, 0.05) is 22.6 Å². The van der Waals surface area contributed by atoms with Gasteiger partial charge in [0.05, 0.1) is 16.6 Å². The molecule has 3 heterocycles. The van der Waals surface area contributed by atoms with Gasteiger partial charge < -0.3 is 4.74 Å². The van der Waals surface area contributed by atoms with Gasteiger partial charge >= 0.3 is 0 Å². The van der Waals surface area contributed by atoms with E-state index in [0.29, 0.717) is 0 Å². The second-order valence-corrected chi connectivity index (χ2v) is 7.57. The quantitative estimate of drug-likeness (QED) is 0.586. The predicted octanol–water partition coefficient (Wildman–Crippen LogP) is 5.64. The highest BCUT2D eigenvalue weighted by molar-refractivity contribution is 7.12. The van der Waals surface area contributed by atoms with Gasteiger partial charge in [0.2, 0.25) is 6.23 Å². The average molecular weight is 367 g/mol. The van der Waals surface area contributed by atoms with Crippen LogP contribution in [-0.4, -0.2) is 10.7 Å². The van der Waals surface area contributed by atoms with Crippen molar-refractivity contribution in [3.05, 3.63) is 87.1 Å². The van der Waals surface area contributed by atoms with E-state index in [1.807, 2.05) is 36.4 Å². The molecule has 5 heteroatoms. The molecule has 0 amide bonds. The molecule has 2 aliphatic rings. The van der Waals surface area contributed by atoms with Crippen molar-refractivity contribution < 1.29 is 4.74 Å². The van der Waals surface area contributed by atoms with E-state index < -0.39 is 0 Å². The van der Waals surface area contributed by atoms with E-state index in [9.17, 15) is 0 Å². The van der Waals surface area contributed by atoms with E-state index in [4.69, 9.17) is 21.4 Å². The summed E-state index contributed by atoms with van der Waals surface area (Å²) in [5.74, 6) is 0.891. The van der Waals surface area contributed by atoms with Gasteiger partial charge in [-0.15, -0.1) is 11.3 Å². The summed E-state index contributed by atoms with van der Waals surface area (Å²) in [6.45, 7) is 0. The normalized spacial score (nSPS) is 21.3. The zero-order chi connectivity index (χ0) is 16.8. The van der Waals surface area contributed by atoms with Crippen LogP contribution < -0.4 is 4.74 Å². The molecule has 0 spiro atoms. The zero-order valence-corrected chi connectivity index (χ0v) is 14.9. The molecule has 0 saturated heterocycles. The number of ether oxygens (including phenoxy) is 1. The van der Waals surface area contributed by atoms with Crippen molar-refractivity contribution in [2.45, 2.75) is 18.7 Å². The molecule has 0 fully saturated rings. The average Bonchev–Trinajstić information content (AvgIpc) is 3.31. The molecular formula is C20H15ClN2OS. The van der Waals surface area contributed by atoms with Crippen LogP contribution in [0.5, 0.6) is 5.75 Å². The molecule has 2 aromatic carbocycles. The predicted molar refractivity (Wildman–Crippen MR) is 101 cm³/mol. The van der Waals surface area contributed by atoms with Crippen molar-refractivity contribution in [2.75, 3.05) is 0 Å². The molecule has 3 nitrogen and oxygen atoms in total. The first-order chi connectivity index (χ1) is 12.3. The van der Waals surface area contributed by atoms with Gasteiger partial charge in [-0.25, -0.2) is 5.01 Å². The second kappa shape index (κ2) is 5.90. The highest BCUT2D eigenvalue weighted by Gasteiger charge is 2.41. The van der Waals surface area contributed by atoms with Gasteiger partial charge in [-0.05, 0) is 29.6 Å². The Morgan fingerprint density at radius 1 is 1.08 bits per heavy atom. The first-order valence-electron chi connectivity index (χ1n) is 8.20. The Morgan fingerprint density at radius 2 is 1.96 bits per heavy atom. The van der Waals surface area contributed by atoms with Crippen molar-refractivity contribution in [2.24, 2.45) is 5.10 Å². The highest BCUT2D eigenvalue weighted by atomic mass is 35.5. The van der Waals surface area contributed by atoms with Crippen molar-refractivity contribution in [3.8, 4) is 5.75 Å². The smallest absolute Gasteiger partial charge is 0.213 e. The topological polar surface area (TPSA) is 24.8 Å². The molecule has 2 aliphatic heterocycles. The minimum atomic E-state index is -0.225. The summed E-state index contributed by atoms with van der Waals surface area (Å²) in [7, 11) is 0. The summed E-state index contributed by atoms with van der Waals surface area (Å²) in [5, 5.41) is 9.83. The number of thiophene rings is 1. The van der Waals surface area contributed by atoms with Crippen molar-refractivity contribution >= 4 is 28.6 Å². The molecule has 124 valence electrons. The zero-order valence-electron chi connectivity index (χ0n) is 13.3. The van der Waals surface area contributed by atoms with Crippen LogP contribution in [-0.2, 0) is 0 Å². The van der Waals surface area contributed by atoms with Crippen LogP contribution >= 0.6 is 22.9 Å². The van der Waals surface area contributed by atoms with E-state index >= 15 is 0 Å². The summed E-state index contributed by atoms with van der Waals surface area (Å²) in [5.41, 5.74) is 3.32. The lowest BCUT2D eigenvalue weighted by molar-refractivity contribution is -0.0190. The van der Waals surface area contributed by atoms with Crippen LogP contribution in [0.4, 0.5) is 0 Å². The largest absolute Gasteiger partial charge is 0.464 e. The van der Waals surface area contributed by atoms with E-state index in [1.165, 1.54) is 4.88 Å². The fraction of sp³-hybridized carbons (Fsp3) is 0.150. The van der Waals surface area contributed by atoms with Gasteiger partial charge in [-0.2, -0.15) is 5.10 Å². The standard InChI is InChI=1S/C20H15ClN2OS/c21-14-8-9-18-15(11-14)17-12-16(19-7-4-10-25-19)22-23(17)20(24-18)13-5-2-1-3-6-13/h1-11,17,20H,12H2/t17-,20-/m0/s1. The third-order valence-electron chi connectivity index (χ3n) is 4.64. The minimum absolute atomic E-state index is 0.143. The number of halogens is 1. The summed E-state index contributed by atoms with van der Waals surface area (Å²) >= 11 is 7.97. The SMILES string of the molecule is Clc1ccc2c(c1)[C@@H]1CC(c3cccs3)=NN1[C@H](c1ccccc1)O2. The molecular weight excluding hydrogens is 352 g/mol. The molecule has 0 bridgehead atoms. The van der Waals surface area contributed by atoms with E-state index in [1.54, 1.807) is 11.3 Å². The number of rotatable bonds is 2. The first kappa shape index (κ1) is 15.0. The fourth-order valence-corrected chi connectivity index (χ4v) is 4.39. The number of fused-ring (bicyclic) bond motifs is 3. The van der Waals surface area contributed by atoms with Gasteiger partial charge in [0.1, 0.15) is 5.75 Å². The van der Waals surface area contributed by atoms with Gasteiger partial charge in [0.15, 0.2) is 0 Å². The lowest BCUT2D eigenvalue weighted by atomic mass is 9.97. The molecule has 0 N–H and O–H groups in total. The van der Waals surface area contributed by atoms with Gasteiger partial charge in [-0.3, -0.25) is 0 Å². The summed E-state index contributed by atoms with van der Waals surface area (Å²) < 4.78 is 6.32. The Morgan fingerprint density at radius 3 is 2.76 bits per heavy atom. The maximum absolute atomic E-state index is 6.32. The second-order valence-electron chi connectivity index (χ2n) is 6.19. The molecule has 0 aliphatic carbocycles. The lowest BCUT2D eigenvalue weighted by Gasteiger charge is -2.38. The molecule has 5 rings (SSSR count). The van der Waals surface area contributed by atoms with Crippen LogP contribution in [0.3, 0.4) is 0 Å². The monoisotopic (exact) mass is 366 g/mol. The third kappa shape index (κ3) is 2.53. The number of nitrogens with zero attached hydrogens (tertiary/aromatic N) is 2. The minimum Gasteiger partial charge on any atom is -0.464 e. The first-order valence-corrected chi connectivity index (χ1v) is 9.46. The van der Waals surface area contributed by atoms with Gasteiger partial charge in [0.25, 0.3) is 0 Å². The molecule has 0 radical (unpaired) electrons. The summed E-state index contributed by atoms with van der Waals surface area (Å²) in [4.78, 5) is 1.21. The number of hydrogen-bond donors (Lipinski definition) is 0. The van der Waals surface area contributed by atoms with Crippen LogP contribution in [0.25, 0.3) is 0 Å². The Kier molecular flexibility index (Phi) is 3.54. The maximum atomic E-state index is 6.32. The maximum Gasteiger partial charge on any atom is 0.213 e. The number of benzene rings is 2. The van der Waals surface area contributed by atoms with Crippen molar-refractivity contribution in [1.82, 2.24) is 5.01 Å². The molecule has 2 atom stereocenters. The van der Waals surface area contributed by atoms with Crippen molar-refractivity contribution in [1.29, 1.82) is 0 Å². The molecule has 1 aromatic heterocycles. The lowest BCUT2D eigenvalue weighted by Crippen LogP contribution is -2.33. The van der Waals surface area contributed by atoms with Crippen LogP contribution in [0.2, 0.25) is 5.02 Å². The van der Waals surface area contributed by atoms with Gasteiger partial charge in [-0.1, -0.05) is 48.0 Å². The number of hydrazone groups is 1. The highest BCUT2D eigenvalue weighted by Crippen LogP contribution is 2.48. The van der Waals surface area contributed by atoms with E-state index in [0.717, 1.165) is 34.0 Å². The fourth-order valence-electron chi connectivity index (χ4n) is 3.49. The van der Waals surface area contributed by atoms with E-state index in [2.05, 4.69) is 34.7 Å². The Labute approximate surface area is 155 Å². The Hall–Kier alpha value is -2.30. The van der Waals surface area contributed by atoms with E-state index in [-0.39, 0.29) is 12.3 Å². The molecule has 0 saturated carbocycles. The molecule has 0 unspecified atom stereocenters. The third-order valence-corrected chi connectivity index (χ3v) is 5.80. The summed E-state index contributed by atoms with van der Waals surface area (Å²) in [6, 6.07) is 20.4. The number of hydrogen-bond acceptors (Lipinski definition) is 4. The van der Waals surface area contributed by atoms with Crippen LogP contribution in [0.1, 0.15) is 34.7 Å². The van der Waals surface area contributed by atoms with Crippen molar-refractivity contribution in [3.63, 3.8) is 0 Å². The molecule has 3 aromatic rings. The van der Waals surface area contributed by atoms with Crippen LogP contribution in [0.15, 0.2) is 71.1 Å².